The molecule has 0 bridgehead atoms. The number of carbonyl (C=O) groups excluding carboxylic acids is 1. The van der Waals surface area contributed by atoms with Gasteiger partial charge < -0.3 is 10.1 Å². The third-order valence-corrected chi connectivity index (χ3v) is 5.87. The first-order valence-electron chi connectivity index (χ1n) is 10.6. The van der Waals surface area contributed by atoms with Crippen molar-refractivity contribution in [2.24, 2.45) is 0 Å². The Morgan fingerprint density at radius 3 is 2.16 bits per heavy atom. The van der Waals surface area contributed by atoms with Crippen LogP contribution in [0.15, 0.2) is 48.5 Å². The molecule has 7 heteroatoms. The second-order valence-electron chi connectivity index (χ2n) is 8.06. The van der Waals surface area contributed by atoms with Crippen LogP contribution in [0.2, 0.25) is 0 Å². The van der Waals surface area contributed by atoms with Crippen molar-refractivity contribution in [2.45, 2.75) is 44.3 Å². The topological polar surface area (TPSA) is 41.6 Å². The third-order valence-electron chi connectivity index (χ3n) is 5.87. The van der Waals surface area contributed by atoms with E-state index in [1.807, 2.05) is 31.2 Å². The molecule has 168 valence electrons. The number of ether oxygens (including phenoxy) is 1. The number of hydrogen-bond acceptors (Lipinski definition) is 3. The number of rotatable bonds is 8. The number of nitrogens with one attached hydrogen (secondary N) is 1. The minimum absolute atomic E-state index is 0.0822. The number of likely N-dealkylation sites (tertiary alicyclic amines) is 1. The smallest absolute Gasteiger partial charge is 0.416 e. The average molecular weight is 435 g/mol. The summed E-state index contributed by atoms with van der Waals surface area (Å²) in [6.45, 7) is 4.33. The van der Waals surface area contributed by atoms with E-state index in [0.717, 1.165) is 54.9 Å². The highest BCUT2D eigenvalue weighted by Crippen LogP contribution is 2.31. The first-order valence-corrected chi connectivity index (χ1v) is 10.6. The Bertz CT molecular complexity index is 845. The Morgan fingerprint density at radius 2 is 1.61 bits per heavy atom. The number of alkyl halides is 3. The van der Waals surface area contributed by atoms with E-state index in [0.29, 0.717) is 6.54 Å². The summed E-state index contributed by atoms with van der Waals surface area (Å²) >= 11 is 0. The zero-order valence-electron chi connectivity index (χ0n) is 17.9. The Kier molecular flexibility index (Phi) is 7.59. The number of benzene rings is 2. The molecule has 1 N–H and O–H groups in total. The maximum Gasteiger partial charge on any atom is 0.416 e. The first kappa shape index (κ1) is 23.1. The molecule has 2 atom stereocenters. The highest BCUT2D eigenvalue weighted by atomic mass is 19.4. The predicted molar refractivity (Wildman–Crippen MR) is 114 cm³/mol. The van der Waals surface area contributed by atoms with Gasteiger partial charge in [-0.25, -0.2) is 0 Å². The molecule has 0 aromatic heterocycles. The van der Waals surface area contributed by atoms with Crippen LogP contribution in [0.25, 0.3) is 0 Å². The summed E-state index contributed by atoms with van der Waals surface area (Å²) in [5.41, 5.74) is 1.16. The number of hydrogen-bond donors (Lipinski definition) is 1. The SMILES string of the molecule is COc1ccc(C(CNC(=O)CC(C)c2ccc(C(F)(F)F)cc2)N2CCCC2)cc1. The van der Waals surface area contributed by atoms with Crippen LogP contribution >= 0.6 is 0 Å². The molecule has 1 aliphatic rings. The van der Waals surface area contributed by atoms with E-state index in [2.05, 4.69) is 10.2 Å². The molecule has 31 heavy (non-hydrogen) atoms. The molecule has 4 nitrogen and oxygen atoms in total. The van der Waals surface area contributed by atoms with E-state index < -0.39 is 11.7 Å². The fourth-order valence-electron chi connectivity index (χ4n) is 4.02. The van der Waals surface area contributed by atoms with Crippen LogP contribution in [-0.4, -0.2) is 37.6 Å². The van der Waals surface area contributed by atoms with Crippen molar-refractivity contribution in [1.29, 1.82) is 0 Å². The van der Waals surface area contributed by atoms with Gasteiger partial charge in [-0.15, -0.1) is 0 Å². The van der Waals surface area contributed by atoms with Crippen LogP contribution in [0, 0.1) is 0 Å². The molecule has 1 heterocycles. The summed E-state index contributed by atoms with van der Waals surface area (Å²) < 4.78 is 43.5. The van der Waals surface area contributed by atoms with Gasteiger partial charge in [-0.2, -0.15) is 13.2 Å². The van der Waals surface area contributed by atoms with Gasteiger partial charge in [-0.05, 0) is 67.2 Å². The molecule has 0 radical (unpaired) electrons. The largest absolute Gasteiger partial charge is 0.497 e. The van der Waals surface area contributed by atoms with Crippen molar-refractivity contribution in [1.82, 2.24) is 10.2 Å². The lowest BCUT2D eigenvalue weighted by Crippen LogP contribution is -2.37. The van der Waals surface area contributed by atoms with Crippen molar-refractivity contribution in [3.63, 3.8) is 0 Å². The van der Waals surface area contributed by atoms with Crippen molar-refractivity contribution < 1.29 is 22.7 Å². The number of carbonyl (C=O) groups is 1. The van der Waals surface area contributed by atoms with Crippen molar-refractivity contribution in [3.05, 3.63) is 65.2 Å². The minimum atomic E-state index is -4.36. The molecule has 1 amide bonds. The van der Waals surface area contributed by atoms with Crippen LogP contribution in [0.3, 0.4) is 0 Å². The lowest BCUT2D eigenvalue weighted by Gasteiger charge is -2.28. The van der Waals surface area contributed by atoms with Crippen LogP contribution in [0.1, 0.15) is 54.8 Å². The number of amides is 1. The van der Waals surface area contributed by atoms with Crippen LogP contribution in [-0.2, 0) is 11.0 Å². The quantitative estimate of drug-likeness (QED) is 0.624. The van der Waals surface area contributed by atoms with Gasteiger partial charge in [-0.1, -0.05) is 31.2 Å². The molecule has 1 saturated heterocycles. The molecular formula is C24H29F3N2O2. The Labute approximate surface area is 181 Å². The molecule has 1 aliphatic heterocycles. The fourth-order valence-corrected chi connectivity index (χ4v) is 4.02. The Hall–Kier alpha value is -2.54. The highest BCUT2D eigenvalue weighted by molar-refractivity contribution is 5.76. The zero-order chi connectivity index (χ0) is 22.4. The van der Waals surface area contributed by atoms with E-state index in [1.165, 1.54) is 12.1 Å². The van der Waals surface area contributed by atoms with Gasteiger partial charge in [0.2, 0.25) is 5.91 Å². The molecule has 2 aromatic rings. The van der Waals surface area contributed by atoms with Crippen molar-refractivity contribution in [2.75, 3.05) is 26.7 Å². The van der Waals surface area contributed by atoms with Gasteiger partial charge in [0, 0.05) is 13.0 Å². The van der Waals surface area contributed by atoms with Gasteiger partial charge in [0.1, 0.15) is 5.75 Å². The molecule has 2 unspecified atom stereocenters. The van der Waals surface area contributed by atoms with Gasteiger partial charge in [-0.3, -0.25) is 9.69 Å². The maximum atomic E-state index is 12.7. The van der Waals surface area contributed by atoms with Gasteiger partial charge in [0.25, 0.3) is 0 Å². The summed E-state index contributed by atoms with van der Waals surface area (Å²) in [4.78, 5) is 15.0. The molecule has 2 aromatic carbocycles. The third kappa shape index (κ3) is 6.23. The first-order chi connectivity index (χ1) is 14.8. The summed E-state index contributed by atoms with van der Waals surface area (Å²) in [6, 6.07) is 13.0. The van der Waals surface area contributed by atoms with E-state index in [9.17, 15) is 18.0 Å². The standard InChI is InChI=1S/C24H29F3N2O2/c1-17(18-5-9-20(10-6-18)24(25,26)27)15-23(30)28-16-22(29-13-3-4-14-29)19-7-11-21(31-2)12-8-19/h5-12,17,22H,3-4,13-16H2,1-2H3,(H,28,30). The second-order valence-corrected chi connectivity index (χ2v) is 8.06. The lowest BCUT2D eigenvalue weighted by molar-refractivity contribution is -0.137. The number of nitrogens with zero attached hydrogens (tertiary/aromatic N) is 1. The summed E-state index contributed by atoms with van der Waals surface area (Å²) in [5, 5.41) is 3.03. The molecule has 0 spiro atoms. The fraction of sp³-hybridized carbons (Fsp3) is 0.458. The van der Waals surface area contributed by atoms with Crippen LogP contribution in [0.5, 0.6) is 5.75 Å². The molecule has 0 saturated carbocycles. The van der Waals surface area contributed by atoms with Gasteiger partial charge in [0.15, 0.2) is 0 Å². The normalized spacial score (nSPS) is 16.7. The van der Waals surface area contributed by atoms with E-state index >= 15 is 0 Å². The molecule has 1 fully saturated rings. The second kappa shape index (κ2) is 10.2. The molecule has 3 rings (SSSR count). The van der Waals surface area contributed by atoms with Crippen LogP contribution in [0.4, 0.5) is 13.2 Å². The molecule has 0 aliphatic carbocycles. The maximum absolute atomic E-state index is 12.7. The van der Waals surface area contributed by atoms with E-state index in [-0.39, 0.29) is 24.3 Å². The highest BCUT2D eigenvalue weighted by Gasteiger charge is 2.30. The Balaban J connectivity index is 1.59. The van der Waals surface area contributed by atoms with Crippen LogP contribution < -0.4 is 10.1 Å². The van der Waals surface area contributed by atoms with Crippen molar-refractivity contribution >= 4 is 5.91 Å². The summed E-state index contributed by atoms with van der Waals surface area (Å²) in [6.07, 6.45) is -1.84. The summed E-state index contributed by atoms with van der Waals surface area (Å²) in [5.74, 6) is 0.511. The predicted octanol–water partition coefficient (Wildman–Crippen LogP) is 5.16. The average Bonchev–Trinajstić information content (AvgIpc) is 3.28. The summed E-state index contributed by atoms with van der Waals surface area (Å²) in [7, 11) is 1.63. The number of halogens is 3. The van der Waals surface area contributed by atoms with Gasteiger partial charge in [0.05, 0.1) is 18.7 Å². The monoisotopic (exact) mass is 434 g/mol. The van der Waals surface area contributed by atoms with E-state index in [4.69, 9.17) is 4.74 Å². The van der Waals surface area contributed by atoms with E-state index in [1.54, 1.807) is 7.11 Å². The zero-order valence-corrected chi connectivity index (χ0v) is 17.9. The minimum Gasteiger partial charge on any atom is -0.497 e. The lowest BCUT2D eigenvalue weighted by atomic mass is 9.96. The van der Waals surface area contributed by atoms with Crippen molar-refractivity contribution in [3.8, 4) is 5.75 Å². The molecular weight excluding hydrogens is 405 g/mol. The Morgan fingerprint density at radius 1 is 1.03 bits per heavy atom. The number of methoxy groups -OCH3 is 1. The van der Waals surface area contributed by atoms with Gasteiger partial charge >= 0.3 is 6.18 Å².